The van der Waals surface area contributed by atoms with Gasteiger partial charge in [-0.1, -0.05) is 77.9 Å². The molecule has 7 heteroatoms. The third-order valence-corrected chi connectivity index (χ3v) is 10.3. The lowest BCUT2D eigenvalue weighted by molar-refractivity contribution is 0.590. The van der Waals surface area contributed by atoms with Crippen molar-refractivity contribution in [3.63, 3.8) is 0 Å². The van der Waals surface area contributed by atoms with Gasteiger partial charge in [-0.15, -0.1) is 0 Å². The van der Waals surface area contributed by atoms with E-state index in [0.29, 0.717) is 10.8 Å². The Morgan fingerprint density at radius 3 is 1.53 bits per heavy atom. The molecule has 8 aromatic rings. The van der Waals surface area contributed by atoms with Crippen LogP contribution in [0.15, 0.2) is 121 Å². The van der Waals surface area contributed by atoms with Crippen molar-refractivity contribution in [2.75, 3.05) is 4.90 Å². The number of halogens is 2. The zero-order chi connectivity index (χ0) is 35.7. The largest absolute Gasteiger partial charge is 0.309 e. The first-order chi connectivity index (χ1) is 24.4. The highest BCUT2D eigenvalue weighted by Gasteiger charge is 2.23. The average molecular weight is 693 g/mol. The Kier molecular flexibility index (Phi) is 7.80. The van der Waals surface area contributed by atoms with Crippen molar-refractivity contribution in [3.05, 3.63) is 144 Å². The molecule has 6 aromatic carbocycles. The van der Waals surface area contributed by atoms with Crippen LogP contribution in [0.5, 0.6) is 0 Å². The molecular formula is C44H38F2N4S. The highest BCUT2D eigenvalue weighted by Crippen LogP contribution is 2.42. The van der Waals surface area contributed by atoms with Crippen LogP contribution >= 0.6 is 11.7 Å². The molecule has 254 valence electrons. The van der Waals surface area contributed by atoms with E-state index in [1.54, 1.807) is 12.1 Å². The molecule has 0 radical (unpaired) electrons. The van der Waals surface area contributed by atoms with Gasteiger partial charge in [0.25, 0.3) is 0 Å². The topological polar surface area (TPSA) is 34.0 Å². The van der Waals surface area contributed by atoms with Crippen LogP contribution in [0, 0.1) is 11.6 Å². The molecule has 0 amide bonds. The van der Waals surface area contributed by atoms with Crippen molar-refractivity contribution < 1.29 is 8.78 Å². The Labute approximate surface area is 300 Å². The van der Waals surface area contributed by atoms with Gasteiger partial charge in [0.2, 0.25) is 0 Å². The Morgan fingerprint density at radius 2 is 1.04 bits per heavy atom. The first-order valence-corrected chi connectivity index (χ1v) is 17.9. The maximum absolute atomic E-state index is 14.3. The molecular weight excluding hydrogens is 655 g/mol. The van der Waals surface area contributed by atoms with Crippen LogP contribution in [-0.4, -0.2) is 13.3 Å². The van der Waals surface area contributed by atoms with Gasteiger partial charge >= 0.3 is 0 Å². The molecule has 8 rings (SSSR count). The molecule has 0 aliphatic carbocycles. The van der Waals surface area contributed by atoms with Crippen molar-refractivity contribution in [1.29, 1.82) is 0 Å². The van der Waals surface area contributed by atoms with Crippen molar-refractivity contribution in [2.45, 2.75) is 52.4 Å². The molecule has 0 atom stereocenters. The molecule has 0 N–H and O–H groups in total. The van der Waals surface area contributed by atoms with Gasteiger partial charge in [-0.05, 0) is 112 Å². The van der Waals surface area contributed by atoms with Crippen LogP contribution in [0.2, 0.25) is 0 Å². The lowest BCUT2D eigenvalue weighted by Crippen LogP contribution is -2.14. The van der Waals surface area contributed by atoms with Crippen molar-refractivity contribution in [3.8, 4) is 16.8 Å². The summed E-state index contributed by atoms with van der Waals surface area (Å²) >= 11 is 1.21. The normalized spacial score (nSPS) is 12.3. The first kappa shape index (κ1) is 32.8. The van der Waals surface area contributed by atoms with Gasteiger partial charge in [0.05, 0.1) is 28.4 Å². The lowest BCUT2D eigenvalue weighted by atomic mass is 9.86. The van der Waals surface area contributed by atoms with E-state index in [4.69, 9.17) is 8.75 Å². The predicted molar refractivity (Wildman–Crippen MR) is 209 cm³/mol. The summed E-state index contributed by atoms with van der Waals surface area (Å²) in [5.41, 5.74) is 11.8. The van der Waals surface area contributed by atoms with Gasteiger partial charge in [0, 0.05) is 33.4 Å². The quantitative estimate of drug-likeness (QED) is 0.180. The van der Waals surface area contributed by atoms with E-state index in [1.165, 1.54) is 47.1 Å². The molecule has 0 aliphatic heterocycles. The van der Waals surface area contributed by atoms with Crippen LogP contribution in [0.3, 0.4) is 0 Å². The van der Waals surface area contributed by atoms with Crippen molar-refractivity contribution in [1.82, 2.24) is 13.3 Å². The van der Waals surface area contributed by atoms with Gasteiger partial charge in [-0.2, -0.15) is 8.75 Å². The van der Waals surface area contributed by atoms with E-state index in [0.717, 1.165) is 55.9 Å². The molecule has 0 spiro atoms. The summed E-state index contributed by atoms with van der Waals surface area (Å²) in [6.07, 6.45) is 0. The summed E-state index contributed by atoms with van der Waals surface area (Å²) in [6, 6.07) is 39.4. The van der Waals surface area contributed by atoms with Crippen LogP contribution in [-0.2, 0) is 10.8 Å². The number of hydrogen-bond donors (Lipinski definition) is 0. The second kappa shape index (κ2) is 12.1. The number of aromatic nitrogens is 3. The van der Waals surface area contributed by atoms with Crippen molar-refractivity contribution >= 4 is 61.6 Å². The molecule has 0 aliphatic rings. The highest BCUT2D eigenvalue weighted by atomic mass is 32.1. The molecule has 0 bridgehead atoms. The summed E-state index contributed by atoms with van der Waals surface area (Å²) in [6.45, 7) is 13.4. The van der Waals surface area contributed by atoms with E-state index in [9.17, 15) is 8.78 Å². The van der Waals surface area contributed by atoms with Gasteiger partial charge in [0.1, 0.15) is 22.7 Å². The van der Waals surface area contributed by atoms with Gasteiger partial charge in [0.15, 0.2) is 0 Å². The van der Waals surface area contributed by atoms with Crippen molar-refractivity contribution in [2.24, 2.45) is 0 Å². The van der Waals surface area contributed by atoms with Gasteiger partial charge in [-0.3, -0.25) is 0 Å². The standard InChI is InChI=1S/C44H38F2N4S/c1-43(2,3)28-9-17-32(18-10-28)49(33-19-11-29(12-20-33)44(4,5)6)40-24-21-35(41-42(40)48-51-47-41)27-7-15-34(16-8-27)50-38-22-13-30(45)25-36(38)37-26-31(46)14-23-39(37)50/h7-26H,1-6H3. The minimum Gasteiger partial charge on any atom is -0.309 e. The summed E-state index contributed by atoms with van der Waals surface area (Å²) in [4.78, 5) is 2.27. The fourth-order valence-electron chi connectivity index (χ4n) is 6.95. The zero-order valence-corrected chi connectivity index (χ0v) is 30.3. The molecule has 0 unspecified atom stereocenters. The van der Waals surface area contributed by atoms with Crippen LogP contribution in [0.4, 0.5) is 25.8 Å². The van der Waals surface area contributed by atoms with Gasteiger partial charge < -0.3 is 9.47 Å². The Hall–Kier alpha value is -5.40. The van der Waals surface area contributed by atoms with E-state index >= 15 is 0 Å². The second-order valence-corrected chi connectivity index (χ2v) is 15.8. The summed E-state index contributed by atoms with van der Waals surface area (Å²) in [5, 5.41) is 1.34. The number of fused-ring (bicyclic) bond motifs is 4. The van der Waals surface area contributed by atoms with Gasteiger partial charge in [-0.25, -0.2) is 8.78 Å². The third kappa shape index (κ3) is 5.85. The minimum atomic E-state index is -0.354. The maximum Gasteiger partial charge on any atom is 0.129 e. The molecule has 0 saturated heterocycles. The maximum atomic E-state index is 14.3. The molecule has 2 heterocycles. The molecule has 0 fully saturated rings. The zero-order valence-electron chi connectivity index (χ0n) is 29.5. The monoisotopic (exact) mass is 692 g/mol. The number of rotatable bonds is 5. The SMILES string of the molecule is CC(C)(C)c1ccc(N(c2ccc(C(C)(C)C)cc2)c2ccc(-c3ccc(-n4c5ccc(F)cc5c5cc(F)ccc54)cc3)c3nsnc23)cc1. The second-order valence-electron chi connectivity index (χ2n) is 15.2. The number of anilines is 3. The molecule has 2 aromatic heterocycles. The lowest BCUT2D eigenvalue weighted by Gasteiger charge is -2.28. The van der Waals surface area contributed by atoms with E-state index in [2.05, 4.69) is 119 Å². The molecule has 4 nitrogen and oxygen atoms in total. The third-order valence-electron chi connectivity index (χ3n) is 9.74. The number of nitrogens with zero attached hydrogens (tertiary/aromatic N) is 4. The molecule has 51 heavy (non-hydrogen) atoms. The predicted octanol–water partition coefficient (Wildman–Crippen LogP) is 12.8. The average Bonchev–Trinajstić information content (AvgIpc) is 3.72. The first-order valence-electron chi connectivity index (χ1n) is 17.1. The van der Waals surface area contributed by atoms with Crippen LogP contribution in [0.25, 0.3) is 49.7 Å². The number of benzene rings is 6. The fraction of sp³-hybridized carbons (Fsp3) is 0.182. The van der Waals surface area contributed by atoms with E-state index < -0.39 is 0 Å². The summed E-state index contributed by atoms with van der Waals surface area (Å²) < 4.78 is 40.3. The minimum absolute atomic E-state index is 0.0401. The van der Waals surface area contributed by atoms with E-state index in [1.807, 2.05) is 16.7 Å². The summed E-state index contributed by atoms with van der Waals surface area (Å²) in [7, 11) is 0. The number of hydrogen-bond acceptors (Lipinski definition) is 4. The Bertz CT molecular complexity index is 2440. The van der Waals surface area contributed by atoms with E-state index in [-0.39, 0.29) is 22.5 Å². The van der Waals surface area contributed by atoms with Crippen LogP contribution in [0.1, 0.15) is 52.7 Å². The Balaban J connectivity index is 1.22. The highest BCUT2D eigenvalue weighted by molar-refractivity contribution is 7.00. The smallest absolute Gasteiger partial charge is 0.129 e. The fourth-order valence-corrected chi connectivity index (χ4v) is 7.52. The molecule has 0 saturated carbocycles. The summed E-state index contributed by atoms with van der Waals surface area (Å²) in [5.74, 6) is -0.708. The Morgan fingerprint density at radius 1 is 0.549 bits per heavy atom. The van der Waals surface area contributed by atoms with Crippen LogP contribution < -0.4 is 4.90 Å².